The highest BCUT2D eigenvalue weighted by molar-refractivity contribution is 5.94. The average molecular weight is 228 g/mol. The highest BCUT2D eigenvalue weighted by Crippen LogP contribution is 1.99. The lowest BCUT2D eigenvalue weighted by Crippen LogP contribution is -2.23. The molecule has 1 atom stereocenters. The number of rotatable bonds is 6. The Kier molecular flexibility index (Phi) is 6.07. The van der Waals surface area contributed by atoms with Gasteiger partial charge in [-0.2, -0.15) is 0 Å². The number of esters is 2. The summed E-state index contributed by atoms with van der Waals surface area (Å²) in [6.45, 7) is 7.75. The molecule has 0 bridgehead atoms. The summed E-state index contributed by atoms with van der Waals surface area (Å²) in [5.41, 5.74) is 0.280. The summed E-state index contributed by atoms with van der Waals surface area (Å²) < 4.78 is 9.60. The summed E-state index contributed by atoms with van der Waals surface area (Å²) in [7, 11) is 0. The summed E-state index contributed by atoms with van der Waals surface area (Å²) in [4.78, 5) is 32.6. The van der Waals surface area contributed by atoms with Crippen LogP contribution in [0.1, 0.15) is 27.2 Å². The maximum absolute atomic E-state index is 11.0. The molecule has 0 aliphatic heterocycles. The second-order valence-corrected chi connectivity index (χ2v) is 3.56. The van der Waals surface area contributed by atoms with Crippen molar-refractivity contribution in [1.82, 2.24) is 0 Å². The first-order valence-corrected chi connectivity index (χ1v) is 4.84. The molecule has 0 aromatic rings. The number of carbonyl (C=O) groups is 3. The zero-order valence-corrected chi connectivity index (χ0v) is 9.74. The van der Waals surface area contributed by atoms with Crippen molar-refractivity contribution in [2.45, 2.75) is 33.3 Å². The summed E-state index contributed by atoms with van der Waals surface area (Å²) in [6, 6.07) is 0. The van der Waals surface area contributed by atoms with Gasteiger partial charge in [0.2, 0.25) is 0 Å². The molecule has 0 N–H and O–H groups in total. The van der Waals surface area contributed by atoms with Gasteiger partial charge in [0.25, 0.3) is 0 Å². The molecule has 0 saturated heterocycles. The summed E-state index contributed by atoms with van der Waals surface area (Å²) >= 11 is 0. The lowest BCUT2D eigenvalue weighted by Gasteiger charge is -2.12. The Balaban J connectivity index is 3.86. The van der Waals surface area contributed by atoms with Gasteiger partial charge in [-0.3, -0.25) is 9.59 Å². The monoisotopic (exact) mass is 228 g/mol. The lowest BCUT2D eigenvalue weighted by atomic mass is 10.3. The smallest absolute Gasteiger partial charge is 0.333 e. The molecule has 0 fully saturated rings. The van der Waals surface area contributed by atoms with Gasteiger partial charge in [-0.05, 0) is 20.8 Å². The van der Waals surface area contributed by atoms with E-state index in [0.29, 0.717) is 0 Å². The first kappa shape index (κ1) is 14.3. The third-order valence-corrected chi connectivity index (χ3v) is 1.52. The molecule has 0 rings (SSSR count). The van der Waals surface area contributed by atoms with Crippen LogP contribution >= 0.6 is 0 Å². The van der Waals surface area contributed by atoms with E-state index in [1.165, 1.54) is 13.8 Å². The minimum absolute atomic E-state index is 0.0463. The topological polar surface area (TPSA) is 69.7 Å². The van der Waals surface area contributed by atoms with E-state index in [-0.39, 0.29) is 24.4 Å². The highest BCUT2D eigenvalue weighted by Gasteiger charge is 2.13. The molecule has 0 aromatic heterocycles. The maximum Gasteiger partial charge on any atom is 0.333 e. The van der Waals surface area contributed by atoms with Crippen LogP contribution in [0.5, 0.6) is 0 Å². The van der Waals surface area contributed by atoms with Crippen LogP contribution in [0.2, 0.25) is 0 Å². The predicted octanol–water partition coefficient (Wildman–Crippen LogP) is 1.02. The predicted molar refractivity (Wildman–Crippen MR) is 56.6 cm³/mol. The number of carbonyl (C=O) groups excluding carboxylic acids is 3. The fourth-order valence-corrected chi connectivity index (χ4v) is 0.820. The Labute approximate surface area is 94.4 Å². The molecule has 0 saturated carbocycles. The largest absolute Gasteiger partial charge is 0.459 e. The van der Waals surface area contributed by atoms with Gasteiger partial charge in [0.1, 0.15) is 24.9 Å². The van der Waals surface area contributed by atoms with E-state index in [2.05, 4.69) is 6.58 Å². The third kappa shape index (κ3) is 6.75. The minimum atomic E-state index is -0.619. The molecule has 5 heteroatoms. The number of ketones is 1. The third-order valence-electron chi connectivity index (χ3n) is 1.52. The van der Waals surface area contributed by atoms with Gasteiger partial charge in [-0.25, -0.2) is 4.79 Å². The molecule has 1 unspecified atom stereocenters. The first-order chi connectivity index (χ1) is 7.32. The quantitative estimate of drug-likeness (QED) is 0.385. The molecule has 0 amide bonds. The van der Waals surface area contributed by atoms with E-state index in [0.717, 1.165) is 0 Å². The van der Waals surface area contributed by atoms with Crippen LogP contribution in [0.25, 0.3) is 0 Å². The summed E-state index contributed by atoms with van der Waals surface area (Å²) in [5, 5.41) is 0. The van der Waals surface area contributed by atoms with Gasteiger partial charge in [0.05, 0.1) is 0 Å². The highest BCUT2D eigenvalue weighted by atomic mass is 16.6. The molecule has 0 aliphatic carbocycles. The zero-order valence-electron chi connectivity index (χ0n) is 9.74. The van der Waals surface area contributed by atoms with Crippen LogP contribution in [-0.4, -0.2) is 30.4 Å². The van der Waals surface area contributed by atoms with Crippen molar-refractivity contribution in [3.8, 4) is 0 Å². The molecule has 0 spiro atoms. The number of hydrogen-bond donors (Lipinski definition) is 0. The normalized spacial score (nSPS) is 11.4. The van der Waals surface area contributed by atoms with Crippen molar-refractivity contribution in [3.05, 3.63) is 12.2 Å². The second kappa shape index (κ2) is 6.76. The minimum Gasteiger partial charge on any atom is -0.459 e. The molecular formula is C11H16O5. The van der Waals surface area contributed by atoms with Gasteiger partial charge >= 0.3 is 11.9 Å². The van der Waals surface area contributed by atoms with E-state index in [4.69, 9.17) is 9.47 Å². The Hall–Kier alpha value is -1.65. The Morgan fingerprint density at radius 1 is 1.25 bits per heavy atom. The molecule has 0 aromatic carbocycles. The number of Topliss-reactive ketones (excluding diaryl/α,β-unsaturated/α-hetero) is 1. The van der Waals surface area contributed by atoms with Crippen LogP contribution in [0, 0.1) is 0 Å². The average Bonchev–Trinajstić information content (AvgIpc) is 2.12. The van der Waals surface area contributed by atoms with Crippen molar-refractivity contribution in [2.75, 3.05) is 6.61 Å². The Morgan fingerprint density at radius 2 is 1.81 bits per heavy atom. The van der Waals surface area contributed by atoms with Crippen LogP contribution in [-0.2, 0) is 23.9 Å². The Morgan fingerprint density at radius 3 is 2.25 bits per heavy atom. The maximum atomic E-state index is 11.0. The zero-order chi connectivity index (χ0) is 12.7. The first-order valence-electron chi connectivity index (χ1n) is 4.84. The van der Waals surface area contributed by atoms with Crippen LogP contribution in [0.15, 0.2) is 12.2 Å². The van der Waals surface area contributed by atoms with E-state index in [9.17, 15) is 14.4 Å². The second-order valence-electron chi connectivity index (χ2n) is 3.56. The van der Waals surface area contributed by atoms with Crippen molar-refractivity contribution in [2.24, 2.45) is 0 Å². The van der Waals surface area contributed by atoms with Crippen LogP contribution < -0.4 is 0 Å². The van der Waals surface area contributed by atoms with E-state index >= 15 is 0 Å². The van der Waals surface area contributed by atoms with Gasteiger partial charge in [0, 0.05) is 5.57 Å². The van der Waals surface area contributed by atoms with Gasteiger partial charge in [-0.15, -0.1) is 0 Å². The van der Waals surface area contributed by atoms with E-state index in [1.807, 2.05) is 0 Å². The van der Waals surface area contributed by atoms with E-state index in [1.54, 1.807) is 6.92 Å². The number of hydrogen-bond acceptors (Lipinski definition) is 5. The molecule has 90 valence electrons. The molecule has 0 radical (unpaired) electrons. The molecular weight excluding hydrogens is 212 g/mol. The van der Waals surface area contributed by atoms with Crippen LogP contribution in [0.3, 0.4) is 0 Å². The Bertz CT molecular complexity index is 305. The summed E-state index contributed by atoms with van der Waals surface area (Å²) in [5.74, 6) is -1.42. The van der Waals surface area contributed by atoms with Crippen molar-refractivity contribution in [3.63, 3.8) is 0 Å². The van der Waals surface area contributed by atoms with Gasteiger partial charge in [0.15, 0.2) is 0 Å². The standard InChI is InChI=1S/C11H16O5/c1-7(2)11(14)15-6-9(4)16-10(13)5-8(3)12/h9H,1,5-6H2,2-4H3. The molecule has 5 nitrogen and oxygen atoms in total. The van der Waals surface area contributed by atoms with Crippen molar-refractivity contribution >= 4 is 17.7 Å². The lowest BCUT2D eigenvalue weighted by molar-refractivity contribution is -0.157. The van der Waals surface area contributed by atoms with Crippen molar-refractivity contribution < 1.29 is 23.9 Å². The van der Waals surface area contributed by atoms with Crippen molar-refractivity contribution in [1.29, 1.82) is 0 Å². The number of ether oxygens (including phenoxy) is 2. The SMILES string of the molecule is C=C(C)C(=O)OCC(C)OC(=O)CC(C)=O. The summed E-state index contributed by atoms with van der Waals surface area (Å²) in [6.07, 6.45) is -0.839. The molecule has 0 heterocycles. The van der Waals surface area contributed by atoms with E-state index < -0.39 is 18.0 Å². The fraction of sp³-hybridized carbons (Fsp3) is 0.545. The molecule has 16 heavy (non-hydrogen) atoms. The molecule has 0 aliphatic rings. The fourth-order valence-electron chi connectivity index (χ4n) is 0.820. The van der Waals surface area contributed by atoms with Crippen LogP contribution in [0.4, 0.5) is 0 Å². The van der Waals surface area contributed by atoms with Gasteiger partial charge in [-0.1, -0.05) is 6.58 Å². The van der Waals surface area contributed by atoms with Gasteiger partial charge < -0.3 is 9.47 Å².